The summed E-state index contributed by atoms with van der Waals surface area (Å²) in [6, 6.07) is 5.94. The molecule has 29 heavy (non-hydrogen) atoms. The fourth-order valence-corrected chi connectivity index (χ4v) is 4.42. The molecule has 0 aliphatic rings. The second-order valence-corrected chi connectivity index (χ2v) is 7.52. The number of aliphatic carboxylic acids is 1. The number of imidazole rings is 1. The predicted molar refractivity (Wildman–Crippen MR) is 110 cm³/mol. The number of hydrogen-bond acceptors (Lipinski definition) is 3. The molecular formula is C22H22FN3O3. The van der Waals surface area contributed by atoms with Crippen LogP contribution in [0, 0.1) is 11.7 Å². The Bertz CT molecular complexity index is 1320. The molecule has 6 nitrogen and oxygen atoms in total. The summed E-state index contributed by atoms with van der Waals surface area (Å²) in [5.41, 5.74) is 0.0220. The van der Waals surface area contributed by atoms with E-state index in [1.54, 1.807) is 22.7 Å². The molecule has 0 aliphatic carbocycles. The van der Waals surface area contributed by atoms with E-state index in [1.807, 2.05) is 20.8 Å². The minimum atomic E-state index is -1.15. The van der Waals surface area contributed by atoms with Crippen LogP contribution < -0.4 is 5.56 Å². The van der Waals surface area contributed by atoms with Gasteiger partial charge in [0.1, 0.15) is 16.9 Å². The standard InChI is InChI=1S/C22H22FN3O3/c1-4-12(3)22(5-2,21(28)29)17-11-26-16-8-9-24-20(27)18(16)15-10-13(23)6-7-14(15)19(26)25-17/h6-12H,4-5H2,1-3H3,(H,24,27)(H,28,29). The van der Waals surface area contributed by atoms with Crippen LogP contribution >= 0.6 is 0 Å². The minimum Gasteiger partial charge on any atom is -0.481 e. The Morgan fingerprint density at radius 2 is 2.07 bits per heavy atom. The first-order chi connectivity index (χ1) is 13.8. The normalized spacial score (nSPS) is 15.0. The van der Waals surface area contributed by atoms with E-state index in [0.717, 1.165) is 0 Å². The monoisotopic (exact) mass is 395 g/mol. The third kappa shape index (κ3) is 2.57. The summed E-state index contributed by atoms with van der Waals surface area (Å²) in [6.45, 7) is 5.72. The van der Waals surface area contributed by atoms with Gasteiger partial charge in [-0.25, -0.2) is 9.37 Å². The lowest BCUT2D eigenvalue weighted by Crippen LogP contribution is -2.41. The van der Waals surface area contributed by atoms with Crippen LogP contribution in [-0.2, 0) is 10.2 Å². The third-order valence-corrected chi connectivity index (χ3v) is 6.25. The number of nitrogens with zero attached hydrogens (tertiary/aromatic N) is 2. The van der Waals surface area contributed by atoms with Gasteiger partial charge >= 0.3 is 5.97 Å². The molecule has 0 bridgehead atoms. The third-order valence-electron chi connectivity index (χ3n) is 6.25. The van der Waals surface area contributed by atoms with E-state index < -0.39 is 17.2 Å². The summed E-state index contributed by atoms with van der Waals surface area (Å²) in [4.78, 5) is 32.3. The number of benzene rings is 1. The molecular weight excluding hydrogens is 373 g/mol. The van der Waals surface area contributed by atoms with Gasteiger partial charge in [0.2, 0.25) is 0 Å². The number of fused-ring (bicyclic) bond motifs is 6. The first-order valence-electron chi connectivity index (χ1n) is 9.70. The molecule has 0 saturated heterocycles. The highest BCUT2D eigenvalue weighted by molar-refractivity contribution is 6.11. The van der Waals surface area contributed by atoms with Crippen molar-refractivity contribution in [3.8, 4) is 0 Å². The zero-order chi connectivity index (χ0) is 20.9. The van der Waals surface area contributed by atoms with Gasteiger partial charge in [-0.1, -0.05) is 27.2 Å². The van der Waals surface area contributed by atoms with Gasteiger partial charge in [0.25, 0.3) is 5.56 Å². The maximum atomic E-state index is 14.0. The smallest absolute Gasteiger partial charge is 0.316 e. The number of carboxylic acids is 1. The molecule has 2 N–H and O–H groups in total. The molecule has 7 heteroatoms. The van der Waals surface area contributed by atoms with Crippen molar-refractivity contribution >= 4 is 33.3 Å². The molecule has 0 fully saturated rings. The van der Waals surface area contributed by atoms with Crippen molar-refractivity contribution in [1.82, 2.24) is 14.4 Å². The van der Waals surface area contributed by atoms with Gasteiger partial charge in [0, 0.05) is 23.2 Å². The summed E-state index contributed by atoms with van der Waals surface area (Å²) in [5, 5.41) is 11.6. The molecule has 0 saturated carbocycles. The topological polar surface area (TPSA) is 87.5 Å². The number of carbonyl (C=O) groups is 1. The van der Waals surface area contributed by atoms with Crippen LogP contribution in [0.1, 0.15) is 39.3 Å². The number of nitrogens with one attached hydrogen (secondary N) is 1. The lowest BCUT2D eigenvalue weighted by molar-refractivity contribution is -0.146. The van der Waals surface area contributed by atoms with Gasteiger partial charge in [-0.15, -0.1) is 0 Å². The molecule has 3 aromatic heterocycles. The van der Waals surface area contributed by atoms with Crippen molar-refractivity contribution in [1.29, 1.82) is 0 Å². The largest absolute Gasteiger partial charge is 0.481 e. The molecule has 4 rings (SSSR count). The number of aromatic nitrogens is 3. The number of carboxylic acid groups (broad SMARTS) is 1. The van der Waals surface area contributed by atoms with Gasteiger partial charge in [-0.05, 0) is 36.6 Å². The van der Waals surface area contributed by atoms with E-state index in [0.29, 0.717) is 45.9 Å². The SMILES string of the molecule is CCC(C)C(CC)(C(=O)O)c1cn2c3cc[nH]c(=O)c3c3cc(F)ccc3c2n1. The summed E-state index contributed by atoms with van der Waals surface area (Å²) < 4.78 is 15.7. The second kappa shape index (κ2) is 6.69. The van der Waals surface area contributed by atoms with E-state index >= 15 is 0 Å². The maximum absolute atomic E-state index is 14.0. The molecule has 4 aromatic rings. The van der Waals surface area contributed by atoms with Crippen LogP contribution in [0.25, 0.3) is 27.3 Å². The fraction of sp³-hybridized carbons (Fsp3) is 0.318. The van der Waals surface area contributed by atoms with Crippen molar-refractivity contribution in [2.75, 3.05) is 0 Å². The van der Waals surface area contributed by atoms with Gasteiger partial charge in [0.05, 0.1) is 16.6 Å². The molecule has 0 radical (unpaired) electrons. The maximum Gasteiger partial charge on any atom is 0.316 e. The molecule has 0 aliphatic heterocycles. The zero-order valence-electron chi connectivity index (χ0n) is 16.5. The number of H-pyrrole nitrogens is 1. The zero-order valence-corrected chi connectivity index (χ0v) is 16.5. The fourth-order valence-electron chi connectivity index (χ4n) is 4.42. The van der Waals surface area contributed by atoms with Crippen molar-refractivity contribution in [2.24, 2.45) is 5.92 Å². The Hall–Kier alpha value is -3.22. The number of halogens is 1. The number of hydrogen-bond donors (Lipinski definition) is 2. The molecule has 2 atom stereocenters. The van der Waals surface area contributed by atoms with Crippen LogP contribution in [0.5, 0.6) is 0 Å². The lowest BCUT2D eigenvalue weighted by Gasteiger charge is -2.32. The minimum absolute atomic E-state index is 0.145. The van der Waals surface area contributed by atoms with Crippen molar-refractivity contribution < 1.29 is 14.3 Å². The van der Waals surface area contributed by atoms with Crippen LogP contribution in [0.3, 0.4) is 0 Å². The Morgan fingerprint density at radius 1 is 1.31 bits per heavy atom. The van der Waals surface area contributed by atoms with E-state index in [2.05, 4.69) is 4.98 Å². The number of rotatable bonds is 5. The van der Waals surface area contributed by atoms with Crippen LogP contribution in [0.15, 0.2) is 41.5 Å². The molecule has 2 unspecified atom stereocenters. The Balaban J connectivity index is 2.21. The summed E-state index contributed by atoms with van der Waals surface area (Å²) in [7, 11) is 0. The Labute approximate surface area is 166 Å². The van der Waals surface area contributed by atoms with Gasteiger partial charge in [-0.2, -0.15) is 0 Å². The van der Waals surface area contributed by atoms with Gasteiger partial charge in [-0.3, -0.25) is 14.0 Å². The highest BCUT2D eigenvalue weighted by Crippen LogP contribution is 2.39. The summed E-state index contributed by atoms with van der Waals surface area (Å²) in [5.74, 6) is -1.52. The highest BCUT2D eigenvalue weighted by atomic mass is 19.1. The molecule has 0 amide bonds. The molecule has 1 aromatic carbocycles. The molecule has 3 heterocycles. The average Bonchev–Trinajstić information content (AvgIpc) is 3.14. The first kappa shape index (κ1) is 19.1. The first-order valence-corrected chi connectivity index (χ1v) is 9.70. The quantitative estimate of drug-likeness (QED) is 0.495. The Kier molecular flexibility index (Phi) is 4.41. The van der Waals surface area contributed by atoms with Crippen LogP contribution in [0.2, 0.25) is 0 Å². The van der Waals surface area contributed by atoms with Crippen LogP contribution in [-0.4, -0.2) is 25.4 Å². The van der Waals surface area contributed by atoms with Crippen LogP contribution in [0.4, 0.5) is 4.39 Å². The van der Waals surface area contributed by atoms with E-state index in [9.17, 15) is 19.1 Å². The second-order valence-electron chi connectivity index (χ2n) is 7.52. The predicted octanol–water partition coefficient (Wildman–Crippen LogP) is 4.25. The number of pyridine rings is 2. The highest BCUT2D eigenvalue weighted by Gasteiger charge is 2.45. The van der Waals surface area contributed by atoms with E-state index in [-0.39, 0.29) is 11.5 Å². The van der Waals surface area contributed by atoms with Crippen molar-refractivity contribution in [3.63, 3.8) is 0 Å². The summed E-state index contributed by atoms with van der Waals surface area (Å²) in [6.07, 6.45) is 4.30. The molecule has 150 valence electrons. The van der Waals surface area contributed by atoms with Crippen molar-refractivity contribution in [2.45, 2.75) is 39.0 Å². The Morgan fingerprint density at radius 3 is 2.72 bits per heavy atom. The van der Waals surface area contributed by atoms with Gasteiger partial charge in [0.15, 0.2) is 0 Å². The molecule has 0 spiro atoms. The van der Waals surface area contributed by atoms with Crippen molar-refractivity contribution in [3.05, 3.63) is 58.5 Å². The lowest BCUT2D eigenvalue weighted by atomic mass is 9.70. The van der Waals surface area contributed by atoms with Gasteiger partial charge < -0.3 is 10.1 Å². The average molecular weight is 395 g/mol. The van der Waals surface area contributed by atoms with E-state index in [4.69, 9.17) is 4.98 Å². The van der Waals surface area contributed by atoms with E-state index in [1.165, 1.54) is 18.3 Å². The number of aromatic amines is 1. The summed E-state index contributed by atoms with van der Waals surface area (Å²) >= 11 is 0.